The zero-order valence-corrected chi connectivity index (χ0v) is 10.7. The third-order valence-corrected chi connectivity index (χ3v) is 5.24. The molecule has 2 N–H and O–H groups in total. The minimum Gasteiger partial charge on any atom is -0.341 e. The van der Waals surface area contributed by atoms with Crippen molar-refractivity contribution in [2.24, 2.45) is 11.1 Å². The molecule has 0 atom stereocenters. The standard InChI is InChI=1S/C14H24N2O/c15-14(6-7-14)12(17)16-10-8-13(9-11-16)4-2-1-3-5-13/h1-11,15H2. The lowest BCUT2D eigenvalue weighted by atomic mass is 9.68. The molecule has 0 unspecified atom stereocenters. The normalized spacial score (nSPS) is 30.3. The van der Waals surface area contributed by atoms with Crippen LogP contribution in [-0.4, -0.2) is 29.4 Å². The second-order valence-electron chi connectivity index (χ2n) is 6.51. The van der Waals surface area contributed by atoms with E-state index in [1.54, 1.807) is 0 Å². The number of nitrogens with zero attached hydrogens (tertiary/aromatic N) is 1. The van der Waals surface area contributed by atoms with E-state index in [9.17, 15) is 4.79 Å². The fourth-order valence-corrected chi connectivity index (χ4v) is 3.65. The number of hydrogen-bond acceptors (Lipinski definition) is 2. The van der Waals surface area contributed by atoms with E-state index in [2.05, 4.69) is 0 Å². The van der Waals surface area contributed by atoms with E-state index < -0.39 is 5.54 Å². The van der Waals surface area contributed by atoms with E-state index in [0.29, 0.717) is 5.41 Å². The first-order chi connectivity index (χ1) is 8.14. The van der Waals surface area contributed by atoms with Crippen LogP contribution in [-0.2, 0) is 4.79 Å². The van der Waals surface area contributed by atoms with Gasteiger partial charge < -0.3 is 10.6 Å². The summed E-state index contributed by atoms with van der Waals surface area (Å²) < 4.78 is 0. The zero-order valence-electron chi connectivity index (χ0n) is 10.7. The molecule has 96 valence electrons. The maximum atomic E-state index is 12.2. The van der Waals surface area contributed by atoms with Gasteiger partial charge in [-0.3, -0.25) is 4.79 Å². The average molecular weight is 236 g/mol. The lowest BCUT2D eigenvalue weighted by Crippen LogP contribution is -2.51. The first-order valence-corrected chi connectivity index (χ1v) is 7.22. The SMILES string of the molecule is NC1(C(=O)N2CCC3(CCCCC3)CC2)CC1. The molecule has 0 aromatic rings. The lowest BCUT2D eigenvalue weighted by Gasteiger charge is -2.44. The van der Waals surface area contributed by atoms with E-state index in [4.69, 9.17) is 5.73 Å². The van der Waals surface area contributed by atoms with Gasteiger partial charge in [0.05, 0.1) is 5.54 Å². The quantitative estimate of drug-likeness (QED) is 0.757. The molecular weight excluding hydrogens is 212 g/mol. The number of likely N-dealkylation sites (tertiary alicyclic amines) is 1. The topological polar surface area (TPSA) is 46.3 Å². The molecule has 3 nitrogen and oxygen atoms in total. The second kappa shape index (κ2) is 3.98. The number of nitrogens with two attached hydrogens (primary N) is 1. The first-order valence-electron chi connectivity index (χ1n) is 7.22. The summed E-state index contributed by atoms with van der Waals surface area (Å²) in [4.78, 5) is 14.2. The van der Waals surface area contributed by atoms with Gasteiger partial charge in [-0.15, -0.1) is 0 Å². The highest BCUT2D eigenvalue weighted by Crippen LogP contribution is 2.45. The molecule has 17 heavy (non-hydrogen) atoms. The van der Waals surface area contributed by atoms with Crippen LogP contribution >= 0.6 is 0 Å². The second-order valence-corrected chi connectivity index (χ2v) is 6.51. The highest BCUT2D eigenvalue weighted by molar-refractivity contribution is 5.89. The van der Waals surface area contributed by atoms with Crippen LogP contribution in [0.4, 0.5) is 0 Å². The molecule has 1 aliphatic heterocycles. The number of carbonyl (C=O) groups is 1. The largest absolute Gasteiger partial charge is 0.341 e. The van der Waals surface area contributed by atoms with E-state index in [1.807, 2.05) is 4.90 Å². The zero-order chi connectivity index (χ0) is 11.9. The smallest absolute Gasteiger partial charge is 0.242 e. The van der Waals surface area contributed by atoms with Crippen LogP contribution in [0.25, 0.3) is 0 Å². The van der Waals surface area contributed by atoms with Gasteiger partial charge in [-0.25, -0.2) is 0 Å². The average Bonchev–Trinajstić information content (AvgIpc) is 3.10. The lowest BCUT2D eigenvalue weighted by molar-refractivity contribution is -0.136. The maximum absolute atomic E-state index is 12.2. The summed E-state index contributed by atoms with van der Waals surface area (Å²) in [7, 11) is 0. The van der Waals surface area contributed by atoms with Gasteiger partial charge in [0.15, 0.2) is 0 Å². The van der Waals surface area contributed by atoms with Crippen LogP contribution in [0.3, 0.4) is 0 Å². The van der Waals surface area contributed by atoms with Crippen LogP contribution < -0.4 is 5.73 Å². The summed E-state index contributed by atoms with van der Waals surface area (Å²) in [5, 5.41) is 0. The predicted octanol–water partition coefficient (Wildman–Crippen LogP) is 2.05. The summed E-state index contributed by atoms with van der Waals surface area (Å²) in [6, 6.07) is 0. The van der Waals surface area contributed by atoms with Crippen molar-refractivity contribution in [1.82, 2.24) is 4.90 Å². The fourth-order valence-electron chi connectivity index (χ4n) is 3.65. The summed E-state index contributed by atoms with van der Waals surface area (Å²) in [6.07, 6.45) is 11.2. The predicted molar refractivity (Wildman–Crippen MR) is 67.5 cm³/mol. The van der Waals surface area contributed by atoms with Gasteiger partial charge in [0.1, 0.15) is 0 Å². The molecule has 1 saturated heterocycles. The van der Waals surface area contributed by atoms with E-state index in [-0.39, 0.29) is 5.91 Å². The summed E-state index contributed by atoms with van der Waals surface area (Å²) in [5.74, 6) is 0.225. The van der Waals surface area contributed by atoms with Crippen molar-refractivity contribution >= 4 is 5.91 Å². The Balaban J connectivity index is 1.58. The van der Waals surface area contributed by atoms with Crippen molar-refractivity contribution in [3.05, 3.63) is 0 Å². The van der Waals surface area contributed by atoms with Gasteiger partial charge in [-0.1, -0.05) is 19.3 Å². The van der Waals surface area contributed by atoms with E-state index in [1.165, 1.54) is 44.9 Å². The van der Waals surface area contributed by atoms with Gasteiger partial charge >= 0.3 is 0 Å². The van der Waals surface area contributed by atoms with Crippen molar-refractivity contribution in [3.63, 3.8) is 0 Å². The Morgan fingerprint density at radius 3 is 2.00 bits per heavy atom. The van der Waals surface area contributed by atoms with E-state index >= 15 is 0 Å². The van der Waals surface area contributed by atoms with Gasteiger partial charge in [0.25, 0.3) is 0 Å². The Kier molecular flexibility index (Phi) is 2.69. The Morgan fingerprint density at radius 1 is 0.882 bits per heavy atom. The summed E-state index contributed by atoms with van der Waals surface area (Å²) >= 11 is 0. The minimum absolute atomic E-state index is 0.225. The summed E-state index contributed by atoms with van der Waals surface area (Å²) in [6.45, 7) is 1.91. The minimum atomic E-state index is -0.461. The monoisotopic (exact) mass is 236 g/mol. The van der Waals surface area contributed by atoms with Crippen LogP contribution in [0.15, 0.2) is 0 Å². The molecule has 1 spiro atoms. The van der Waals surface area contributed by atoms with Gasteiger partial charge in [0.2, 0.25) is 5.91 Å². The molecule has 3 aliphatic rings. The number of amides is 1. The third-order valence-electron chi connectivity index (χ3n) is 5.24. The van der Waals surface area contributed by atoms with Crippen LogP contribution in [0.1, 0.15) is 57.8 Å². The number of hydrogen-bond donors (Lipinski definition) is 1. The molecule has 1 heterocycles. The molecule has 0 radical (unpaired) electrons. The Bertz CT molecular complexity index is 306. The molecule has 3 fully saturated rings. The molecule has 0 aromatic heterocycles. The fraction of sp³-hybridized carbons (Fsp3) is 0.929. The van der Waals surface area contributed by atoms with Gasteiger partial charge in [-0.05, 0) is 43.9 Å². The Hall–Kier alpha value is -0.570. The molecule has 3 heteroatoms. The molecule has 0 aromatic carbocycles. The van der Waals surface area contributed by atoms with Crippen LogP contribution in [0.5, 0.6) is 0 Å². The number of rotatable bonds is 1. The molecule has 1 amide bonds. The molecule has 0 bridgehead atoms. The maximum Gasteiger partial charge on any atom is 0.242 e. The van der Waals surface area contributed by atoms with Crippen molar-refractivity contribution in [2.75, 3.05) is 13.1 Å². The summed E-state index contributed by atoms with van der Waals surface area (Å²) in [5.41, 5.74) is 6.12. The molecule has 2 aliphatic carbocycles. The van der Waals surface area contributed by atoms with Crippen molar-refractivity contribution in [2.45, 2.75) is 63.3 Å². The van der Waals surface area contributed by atoms with Crippen molar-refractivity contribution < 1.29 is 4.79 Å². The highest BCUT2D eigenvalue weighted by Gasteiger charge is 2.49. The first kappa shape index (κ1) is 11.5. The molecular formula is C14H24N2O. The third kappa shape index (κ3) is 2.10. The van der Waals surface area contributed by atoms with Crippen LogP contribution in [0.2, 0.25) is 0 Å². The Morgan fingerprint density at radius 2 is 1.47 bits per heavy atom. The van der Waals surface area contributed by atoms with Crippen LogP contribution in [0, 0.1) is 5.41 Å². The van der Waals surface area contributed by atoms with Crippen molar-refractivity contribution in [3.8, 4) is 0 Å². The highest BCUT2D eigenvalue weighted by atomic mass is 16.2. The number of carbonyl (C=O) groups excluding carboxylic acids is 1. The van der Waals surface area contributed by atoms with Crippen molar-refractivity contribution in [1.29, 1.82) is 0 Å². The molecule has 2 saturated carbocycles. The number of piperidine rings is 1. The van der Waals surface area contributed by atoms with Gasteiger partial charge in [-0.2, -0.15) is 0 Å². The van der Waals surface area contributed by atoms with E-state index in [0.717, 1.165) is 25.9 Å². The van der Waals surface area contributed by atoms with Gasteiger partial charge in [0, 0.05) is 13.1 Å². The Labute approximate surface area is 104 Å². The molecule has 3 rings (SSSR count).